The van der Waals surface area contributed by atoms with Gasteiger partial charge in [0.05, 0.1) is 13.2 Å². The van der Waals surface area contributed by atoms with Crippen molar-refractivity contribution in [1.82, 2.24) is 0 Å². The smallest absolute Gasteiger partial charge is 0.309 e. The maximum Gasteiger partial charge on any atom is 0.309 e. The summed E-state index contributed by atoms with van der Waals surface area (Å²) in [5.74, 6) is -4.14. The van der Waals surface area contributed by atoms with Crippen molar-refractivity contribution in [2.45, 2.75) is 102 Å². The van der Waals surface area contributed by atoms with Crippen LogP contribution >= 0.6 is 0 Å². The fraction of sp³-hybridized carbons (Fsp3) is 0.778. The Balaban J connectivity index is 1.63. The third-order valence-electron chi connectivity index (χ3n) is 7.42. The van der Waals surface area contributed by atoms with E-state index in [4.69, 9.17) is 14.2 Å². The number of rotatable bonds is 13. The molecule has 0 aromatic carbocycles. The Kier molecular flexibility index (Phi) is 10.3. The van der Waals surface area contributed by atoms with E-state index in [0.717, 1.165) is 57.4 Å². The summed E-state index contributed by atoms with van der Waals surface area (Å²) in [6, 6.07) is 0. The standard InChI is InChI=1S/C27H40F2O5/c1-3-4-14-27(28,29)24(30)13-12-21-22-17-19(9-5-6-10-25(31)32-2)16-20(22)18-23(21)34-26-11-7-8-15-33-26/h12-13,16,20-23,26H,3-11,14-15,17-18H2,1-2H3/b13-12+/t20-,21-,22-,23+,26?/m0/s1. The zero-order chi connectivity index (χ0) is 24.6. The molecular weight excluding hydrogens is 442 g/mol. The number of carbonyl (C=O) groups excluding carboxylic acids is 2. The highest BCUT2D eigenvalue weighted by Crippen LogP contribution is 2.50. The van der Waals surface area contributed by atoms with Crippen LogP contribution in [-0.2, 0) is 23.8 Å². The van der Waals surface area contributed by atoms with E-state index >= 15 is 0 Å². The summed E-state index contributed by atoms with van der Waals surface area (Å²) >= 11 is 0. The third kappa shape index (κ3) is 7.45. The van der Waals surface area contributed by atoms with E-state index < -0.39 is 18.1 Å². The molecule has 3 rings (SSSR count). The van der Waals surface area contributed by atoms with Crippen molar-refractivity contribution in [2.75, 3.05) is 13.7 Å². The predicted octanol–water partition coefficient (Wildman–Crippen LogP) is 6.16. The number of ketones is 1. The molecule has 1 heterocycles. The second-order valence-electron chi connectivity index (χ2n) is 9.96. The van der Waals surface area contributed by atoms with Crippen molar-refractivity contribution in [3.8, 4) is 0 Å². The van der Waals surface area contributed by atoms with E-state index in [0.29, 0.717) is 31.8 Å². The normalized spacial score (nSPS) is 29.3. The molecule has 1 saturated carbocycles. The summed E-state index contributed by atoms with van der Waals surface area (Å²) in [4.78, 5) is 23.6. The molecule has 0 amide bonds. The summed E-state index contributed by atoms with van der Waals surface area (Å²) in [5, 5.41) is 0. The fourth-order valence-electron chi connectivity index (χ4n) is 5.49. The van der Waals surface area contributed by atoms with E-state index in [1.165, 1.54) is 12.7 Å². The molecule has 1 saturated heterocycles. The number of unbranched alkanes of at least 4 members (excludes halogenated alkanes) is 2. The number of hydrogen-bond acceptors (Lipinski definition) is 5. The minimum Gasteiger partial charge on any atom is -0.469 e. The van der Waals surface area contributed by atoms with Crippen LogP contribution in [0.5, 0.6) is 0 Å². The van der Waals surface area contributed by atoms with Crippen LogP contribution in [0.25, 0.3) is 0 Å². The van der Waals surface area contributed by atoms with Crippen LogP contribution in [-0.4, -0.2) is 43.8 Å². The summed E-state index contributed by atoms with van der Waals surface area (Å²) in [6.07, 6.45) is 12.9. The Bertz CT molecular complexity index is 741. The summed E-state index contributed by atoms with van der Waals surface area (Å²) in [5.41, 5.74) is 1.35. The van der Waals surface area contributed by atoms with Crippen molar-refractivity contribution in [3.05, 3.63) is 23.8 Å². The first-order valence-electron chi connectivity index (χ1n) is 13.0. The second-order valence-corrected chi connectivity index (χ2v) is 9.96. The molecule has 0 aromatic heterocycles. The SMILES string of the molecule is CCCCC(F)(F)C(=O)/C=C/[C@H]1[C@H]2CC(CCCCC(=O)OC)=C[C@H]2C[C@H]1OC1CCCCO1. The number of halogens is 2. The number of allylic oxidation sites excluding steroid dienone is 3. The van der Waals surface area contributed by atoms with Gasteiger partial charge in [-0.05, 0) is 75.7 Å². The zero-order valence-corrected chi connectivity index (χ0v) is 20.6. The lowest BCUT2D eigenvalue weighted by molar-refractivity contribution is -0.192. The molecular formula is C27H40F2O5. The molecule has 0 N–H and O–H groups in total. The number of ether oxygens (including phenoxy) is 3. The van der Waals surface area contributed by atoms with Gasteiger partial charge in [0.2, 0.25) is 5.78 Å². The molecule has 0 aromatic rings. The molecule has 34 heavy (non-hydrogen) atoms. The minimum atomic E-state index is -3.31. The first-order valence-corrected chi connectivity index (χ1v) is 13.0. The number of carbonyl (C=O) groups is 2. The summed E-state index contributed by atoms with van der Waals surface area (Å²) < 4.78 is 45.2. The van der Waals surface area contributed by atoms with Crippen LogP contribution in [0.2, 0.25) is 0 Å². The first kappa shape index (κ1) is 27.0. The van der Waals surface area contributed by atoms with Gasteiger partial charge in [-0.15, -0.1) is 0 Å². The second kappa shape index (κ2) is 12.9. The van der Waals surface area contributed by atoms with Gasteiger partial charge in [0.1, 0.15) is 0 Å². The van der Waals surface area contributed by atoms with Gasteiger partial charge in [0.25, 0.3) is 0 Å². The highest BCUT2D eigenvalue weighted by atomic mass is 19.3. The Morgan fingerprint density at radius 3 is 2.76 bits per heavy atom. The van der Waals surface area contributed by atoms with Gasteiger partial charge in [0.15, 0.2) is 6.29 Å². The Morgan fingerprint density at radius 2 is 2.06 bits per heavy atom. The molecule has 1 unspecified atom stereocenters. The first-order chi connectivity index (χ1) is 16.3. The highest BCUT2D eigenvalue weighted by molar-refractivity contribution is 5.95. The van der Waals surface area contributed by atoms with Gasteiger partial charge in [-0.1, -0.05) is 31.1 Å². The predicted molar refractivity (Wildman–Crippen MR) is 125 cm³/mol. The van der Waals surface area contributed by atoms with Gasteiger partial charge >= 0.3 is 11.9 Å². The van der Waals surface area contributed by atoms with Crippen molar-refractivity contribution in [1.29, 1.82) is 0 Å². The molecule has 1 aliphatic heterocycles. The molecule has 7 heteroatoms. The molecule has 3 aliphatic rings. The van der Waals surface area contributed by atoms with Crippen LogP contribution in [0.4, 0.5) is 8.78 Å². The fourth-order valence-corrected chi connectivity index (χ4v) is 5.49. The maximum atomic E-state index is 14.2. The number of fused-ring (bicyclic) bond motifs is 1. The number of hydrogen-bond donors (Lipinski definition) is 0. The molecule has 0 bridgehead atoms. The molecule has 2 aliphatic carbocycles. The third-order valence-corrected chi connectivity index (χ3v) is 7.42. The molecule has 5 nitrogen and oxygen atoms in total. The Hall–Kier alpha value is -1.60. The number of alkyl halides is 2. The van der Waals surface area contributed by atoms with Crippen LogP contribution in [0.3, 0.4) is 0 Å². The Labute approximate surface area is 202 Å². The van der Waals surface area contributed by atoms with Crippen molar-refractivity contribution in [2.24, 2.45) is 17.8 Å². The topological polar surface area (TPSA) is 61.8 Å². The summed E-state index contributed by atoms with van der Waals surface area (Å²) in [7, 11) is 1.40. The number of esters is 1. The van der Waals surface area contributed by atoms with E-state index in [9.17, 15) is 18.4 Å². The van der Waals surface area contributed by atoms with E-state index in [1.54, 1.807) is 6.08 Å². The number of methoxy groups -OCH3 is 1. The minimum absolute atomic E-state index is 0.0923. The molecule has 5 atom stereocenters. The van der Waals surface area contributed by atoms with Gasteiger partial charge < -0.3 is 14.2 Å². The lowest BCUT2D eigenvalue weighted by Gasteiger charge is -2.29. The van der Waals surface area contributed by atoms with E-state index in [1.807, 2.05) is 6.92 Å². The van der Waals surface area contributed by atoms with Crippen LogP contribution in [0, 0.1) is 17.8 Å². The van der Waals surface area contributed by atoms with Gasteiger partial charge in [-0.3, -0.25) is 9.59 Å². The van der Waals surface area contributed by atoms with E-state index in [-0.39, 0.29) is 30.2 Å². The van der Waals surface area contributed by atoms with E-state index in [2.05, 4.69) is 6.08 Å². The van der Waals surface area contributed by atoms with Crippen LogP contribution in [0.1, 0.15) is 84.0 Å². The molecule has 0 spiro atoms. The lowest BCUT2D eigenvalue weighted by atomic mass is 9.88. The maximum absolute atomic E-state index is 14.2. The van der Waals surface area contributed by atoms with Crippen molar-refractivity contribution < 1.29 is 32.6 Å². The van der Waals surface area contributed by atoms with Gasteiger partial charge in [0, 0.05) is 25.4 Å². The van der Waals surface area contributed by atoms with Gasteiger partial charge in [-0.2, -0.15) is 8.78 Å². The van der Waals surface area contributed by atoms with Crippen LogP contribution < -0.4 is 0 Å². The monoisotopic (exact) mass is 482 g/mol. The average molecular weight is 483 g/mol. The zero-order valence-electron chi connectivity index (χ0n) is 20.6. The average Bonchev–Trinajstić information content (AvgIpc) is 3.36. The largest absolute Gasteiger partial charge is 0.469 e. The van der Waals surface area contributed by atoms with Crippen molar-refractivity contribution >= 4 is 11.8 Å². The lowest BCUT2D eigenvalue weighted by Crippen LogP contribution is -2.31. The molecule has 192 valence electrons. The van der Waals surface area contributed by atoms with Crippen molar-refractivity contribution in [3.63, 3.8) is 0 Å². The Morgan fingerprint density at radius 1 is 1.24 bits per heavy atom. The highest BCUT2D eigenvalue weighted by Gasteiger charge is 2.46. The molecule has 2 fully saturated rings. The summed E-state index contributed by atoms with van der Waals surface area (Å²) in [6.45, 7) is 2.52. The van der Waals surface area contributed by atoms with Gasteiger partial charge in [-0.25, -0.2) is 0 Å². The quantitative estimate of drug-likeness (QED) is 0.136. The van der Waals surface area contributed by atoms with Crippen LogP contribution in [0.15, 0.2) is 23.8 Å². The molecule has 0 radical (unpaired) electrons.